The van der Waals surface area contributed by atoms with E-state index in [-0.39, 0.29) is 5.56 Å². The molecule has 0 fully saturated rings. The van der Waals surface area contributed by atoms with Crippen molar-refractivity contribution in [1.82, 2.24) is 9.97 Å². The minimum Gasteiger partial charge on any atom is -0.489 e. The summed E-state index contributed by atoms with van der Waals surface area (Å²) in [5.41, 5.74) is 2.48. The van der Waals surface area contributed by atoms with Gasteiger partial charge in [0, 0.05) is 10.0 Å². The second kappa shape index (κ2) is 7.14. The molecule has 4 aromatic rings. The molecule has 0 aliphatic heterocycles. The lowest BCUT2D eigenvalue weighted by molar-refractivity contribution is 0.306. The van der Waals surface area contributed by atoms with Crippen molar-refractivity contribution in [3.63, 3.8) is 0 Å². The number of nitrogens with zero attached hydrogens (tertiary/aromatic N) is 1. The normalized spacial score (nSPS) is 10.8. The standard InChI is InChI=1S/C21H15BrN2O2/c22-16-9-5-14(6-10-16)13-26-17-11-7-15(8-12-17)20-23-19-4-2-1-3-18(19)21(25)24-20/h1-12H,13H2,(H,23,24,25). The molecule has 0 unspecified atom stereocenters. The number of hydrogen-bond donors (Lipinski definition) is 1. The molecular weight excluding hydrogens is 392 g/mol. The molecule has 0 saturated heterocycles. The first-order valence-corrected chi connectivity index (χ1v) is 8.95. The van der Waals surface area contributed by atoms with Crippen molar-refractivity contribution in [2.75, 3.05) is 0 Å². The number of fused-ring (bicyclic) bond motifs is 1. The van der Waals surface area contributed by atoms with Gasteiger partial charge in [0.25, 0.3) is 5.56 Å². The summed E-state index contributed by atoms with van der Waals surface area (Å²) in [6.45, 7) is 0.498. The largest absolute Gasteiger partial charge is 0.489 e. The molecule has 128 valence electrons. The van der Waals surface area contributed by atoms with E-state index in [4.69, 9.17) is 4.74 Å². The van der Waals surface area contributed by atoms with Crippen LogP contribution in [0.15, 0.2) is 82.1 Å². The molecule has 26 heavy (non-hydrogen) atoms. The van der Waals surface area contributed by atoms with E-state index in [1.807, 2.05) is 66.7 Å². The van der Waals surface area contributed by atoms with E-state index in [1.165, 1.54) is 0 Å². The second-order valence-corrected chi connectivity index (χ2v) is 6.79. The van der Waals surface area contributed by atoms with E-state index in [1.54, 1.807) is 6.07 Å². The molecule has 0 aliphatic rings. The highest BCUT2D eigenvalue weighted by molar-refractivity contribution is 9.10. The van der Waals surface area contributed by atoms with Crippen molar-refractivity contribution >= 4 is 26.8 Å². The molecule has 0 saturated carbocycles. The topological polar surface area (TPSA) is 55.0 Å². The Kier molecular flexibility index (Phi) is 4.54. The Labute approximate surface area is 158 Å². The Hall–Kier alpha value is -2.92. The number of hydrogen-bond acceptors (Lipinski definition) is 3. The number of aromatic nitrogens is 2. The third-order valence-corrected chi connectivity index (χ3v) is 4.59. The Morgan fingerprint density at radius 3 is 2.42 bits per heavy atom. The van der Waals surface area contributed by atoms with Crippen molar-refractivity contribution in [2.45, 2.75) is 6.61 Å². The molecule has 4 nitrogen and oxygen atoms in total. The number of aromatic amines is 1. The number of benzene rings is 3. The van der Waals surface area contributed by atoms with Crippen LogP contribution in [0.5, 0.6) is 5.75 Å². The molecule has 5 heteroatoms. The lowest BCUT2D eigenvalue weighted by atomic mass is 10.2. The predicted octanol–water partition coefficient (Wildman–Crippen LogP) is 4.93. The van der Waals surface area contributed by atoms with E-state index >= 15 is 0 Å². The van der Waals surface area contributed by atoms with Crippen LogP contribution in [-0.2, 0) is 6.61 Å². The summed E-state index contributed by atoms with van der Waals surface area (Å²) in [6.07, 6.45) is 0. The van der Waals surface area contributed by atoms with Gasteiger partial charge in [0.05, 0.1) is 10.9 Å². The third-order valence-electron chi connectivity index (χ3n) is 4.06. The molecule has 0 bridgehead atoms. The first-order valence-electron chi connectivity index (χ1n) is 8.16. The maximum atomic E-state index is 12.2. The van der Waals surface area contributed by atoms with Crippen molar-refractivity contribution in [1.29, 1.82) is 0 Å². The molecule has 0 atom stereocenters. The maximum Gasteiger partial charge on any atom is 0.259 e. The number of nitrogens with one attached hydrogen (secondary N) is 1. The minimum absolute atomic E-state index is 0.138. The highest BCUT2D eigenvalue weighted by Gasteiger charge is 2.06. The van der Waals surface area contributed by atoms with Gasteiger partial charge >= 0.3 is 0 Å². The zero-order valence-electron chi connectivity index (χ0n) is 13.8. The van der Waals surface area contributed by atoms with Gasteiger partial charge in [-0.1, -0.05) is 40.2 Å². The maximum absolute atomic E-state index is 12.2. The molecule has 1 heterocycles. The lowest BCUT2D eigenvalue weighted by Gasteiger charge is -2.08. The fourth-order valence-corrected chi connectivity index (χ4v) is 2.94. The zero-order chi connectivity index (χ0) is 17.9. The summed E-state index contributed by atoms with van der Waals surface area (Å²) < 4.78 is 6.85. The Morgan fingerprint density at radius 1 is 0.923 bits per heavy atom. The minimum atomic E-state index is -0.138. The summed E-state index contributed by atoms with van der Waals surface area (Å²) >= 11 is 3.42. The summed E-state index contributed by atoms with van der Waals surface area (Å²) in [5, 5.41) is 0.589. The summed E-state index contributed by atoms with van der Waals surface area (Å²) in [6, 6.07) is 22.9. The van der Waals surface area contributed by atoms with Crippen molar-refractivity contribution < 1.29 is 4.74 Å². The third kappa shape index (κ3) is 3.53. The monoisotopic (exact) mass is 406 g/mol. The molecule has 0 amide bonds. The molecule has 3 aromatic carbocycles. The van der Waals surface area contributed by atoms with Gasteiger partial charge in [0.15, 0.2) is 0 Å². The van der Waals surface area contributed by atoms with Gasteiger partial charge in [-0.15, -0.1) is 0 Å². The van der Waals surface area contributed by atoms with Gasteiger partial charge in [-0.3, -0.25) is 4.79 Å². The zero-order valence-corrected chi connectivity index (χ0v) is 15.4. The van der Waals surface area contributed by atoms with E-state index in [0.717, 1.165) is 21.3 Å². The average Bonchev–Trinajstić information content (AvgIpc) is 2.68. The Morgan fingerprint density at radius 2 is 1.65 bits per heavy atom. The molecule has 0 radical (unpaired) electrons. The quantitative estimate of drug-likeness (QED) is 0.522. The second-order valence-electron chi connectivity index (χ2n) is 5.87. The number of para-hydroxylation sites is 1. The fraction of sp³-hybridized carbons (Fsp3) is 0.0476. The van der Waals surface area contributed by atoms with Crippen LogP contribution in [0.3, 0.4) is 0 Å². The van der Waals surface area contributed by atoms with Crippen LogP contribution in [0.1, 0.15) is 5.56 Å². The molecule has 0 spiro atoms. The first-order chi connectivity index (χ1) is 12.7. The van der Waals surface area contributed by atoms with Crippen molar-refractivity contribution in [2.24, 2.45) is 0 Å². The lowest BCUT2D eigenvalue weighted by Crippen LogP contribution is -2.09. The van der Waals surface area contributed by atoms with Crippen LogP contribution < -0.4 is 10.3 Å². The van der Waals surface area contributed by atoms with Crippen LogP contribution in [0, 0.1) is 0 Å². The smallest absolute Gasteiger partial charge is 0.259 e. The molecule has 1 aromatic heterocycles. The summed E-state index contributed by atoms with van der Waals surface area (Å²) in [4.78, 5) is 19.6. The number of rotatable bonds is 4. The van der Waals surface area contributed by atoms with Gasteiger partial charge in [-0.05, 0) is 54.1 Å². The highest BCUT2D eigenvalue weighted by Crippen LogP contribution is 2.21. The van der Waals surface area contributed by atoms with Gasteiger partial charge in [-0.2, -0.15) is 0 Å². The van der Waals surface area contributed by atoms with E-state index in [2.05, 4.69) is 25.9 Å². The van der Waals surface area contributed by atoms with Gasteiger partial charge in [0.1, 0.15) is 18.2 Å². The molecule has 1 N–H and O–H groups in total. The predicted molar refractivity (Wildman–Crippen MR) is 106 cm³/mol. The molecule has 0 aliphatic carbocycles. The van der Waals surface area contributed by atoms with Gasteiger partial charge < -0.3 is 9.72 Å². The van der Waals surface area contributed by atoms with Crippen LogP contribution in [-0.4, -0.2) is 9.97 Å². The van der Waals surface area contributed by atoms with Crippen LogP contribution in [0.4, 0.5) is 0 Å². The van der Waals surface area contributed by atoms with Gasteiger partial charge in [-0.25, -0.2) is 4.98 Å². The van der Waals surface area contributed by atoms with Gasteiger partial charge in [0.2, 0.25) is 0 Å². The highest BCUT2D eigenvalue weighted by atomic mass is 79.9. The van der Waals surface area contributed by atoms with Crippen molar-refractivity contribution in [3.8, 4) is 17.1 Å². The SMILES string of the molecule is O=c1[nH]c(-c2ccc(OCc3ccc(Br)cc3)cc2)nc2ccccc12. The first kappa shape index (κ1) is 16.5. The Balaban J connectivity index is 1.54. The van der Waals surface area contributed by atoms with E-state index in [9.17, 15) is 4.79 Å². The molecular formula is C21H15BrN2O2. The average molecular weight is 407 g/mol. The van der Waals surface area contributed by atoms with Crippen LogP contribution in [0.25, 0.3) is 22.3 Å². The Bertz CT molecular complexity index is 1100. The van der Waals surface area contributed by atoms with Crippen LogP contribution in [0.2, 0.25) is 0 Å². The molecule has 4 rings (SSSR count). The van der Waals surface area contributed by atoms with Crippen LogP contribution >= 0.6 is 15.9 Å². The van der Waals surface area contributed by atoms with E-state index in [0.29, 0.717) is 23.3 Å². The number of H-pyrrole nitrogens is 1. The van der Waals surface area contributed by atoms with E-state index < -0.39 is 0 Å². The number of halogens is 1. The fourth-order valence-electron chi connectivity index (χ4n) is 2.68. The number of ether oxygens (including phenoxy) is 1. The summed E-state index contributed by atoms with van der Waals surface area (Å²) in [5.74, 6) is 1.31. The van der Waals surface area contributed by atoms with Crippen molar-refractivity contribution in [3.05, 3.63) is 93.2 Å². The summed E-state index contributed by atoms with van der Waals surface area (Å²) in [7, 11) is 0.